The van der Waals surface area contributed by atoms with Gasteiger partial charge in [0.25, 0.3) is 0 Å². The second-order valence-electron chi connectivity index (χ2n) is 4.08. The van der Waals surface area contributed by atoms with E-state index in [0.717, 1.165) is 0 Å². The minimum Gasteiger partial charge on any atom is -0.478 e. The predicted molar refractivity (Wildman–Crippen MR) is 68.2 cm³/mol. The SMILES string of the molecule is O=C(O)c1c(C(=O)O)c(C(=O)O)c(C(=O)O)c(C(=O)O)c1C(=O)O.[Zn].[Zn].[Zn]. The number of rotatable bonds is 6. The van der Waals surface area contributed by atoms with E-state index in [9.17, 15) is 28.8 Å². The van der Waals surface area contributed by atoms with Gasteiger partial charge in [-0.3, -0.25) is 0 Å². The molecule has 0 aliphatic heterocycles. The molecular formula is C12H6O12Zn3. The number of aromatic carboxylic acids is 6. The van der Waals surface area contributed by atoms with Crippen molar-refractivity contribution in [2.75, 3.05) is 0 Å². The minimum absolute atomic E-state index is 0. The second kappa shape index (κ2) is 10.9. The zero-order valence-corrected chi connectivity index (χ0v) is 22.2. The van der Waals surface area contributed by atoms with Gasteiger partial charge in [-0.15, -0.1) is 0 Å². The minimum atomic E-state index is -2.26. The fourth-order valence-corrected chi connectivity index (χ4v) is 2.03. The average molecular weight is 538 g/mol. The summed E-state index contributed by atoms with van der Waals surface area (Å²) in [5.41, 5.74) is -9.95. The van der Waals surface area contributed by atoms with E-state index < -0.39 is 69.2 Å². The Bertz CT molecular complexity index is 646. The van der Waals surface area contributed by atoms with Gasteiger partial charge in [0.1, 0.15) is 0 Å². The summed E-state index contributed by atoms with van der Waals surface area (Å²) in [6, 6.07) is 0. The number of hydrogen-bond donors (Lipinski definition) is 6. The van der Waals surface area contributed by atoms with Gasteiger partial charge in [0.2, 0.25) is 0 Å². The Hall–Kier alpha value is -2.09. The summed E-state index contributed by atoms with van der Waals surface area (Å²) in [5.74, 6) is -13.5. The fourth-order valence-electron chi connectivity index (χ4n) is 2.03. The van der Waals surface area contributed by atoms with Crippen LogP contribution in [0.25, 0.3) is 0 Å². The first kappa shape index (κ1) is 29.7. The van der Waals surface area contributed by atoms with Crippen LogP contribution in [0.2, 0.25) is 0 Å². The monoisotopic (exact) mass is 534 g/mol. The smallest absolute Gasteiger partial charge is 0.337 e. The molecule has 1 aromatic rings. The molecule has 0 bridgehead atoms. The molecule has 132 valence electrons. The van der Waals surface area contributed by atoms with Crippen molar-refractivity contribution < 1.29 is 118 Å². The number of carbonyl (C=O) groups is 6. The summed E-state index contributed by atoms with van der Waals surface area (Å²) in [5, 5.41) is 54.2. The molecule has 0 aliphatic carbocycles. The van der Waals surface area contributed by atoms with Crippen molar-refractivity contribution in [2.24, 2.45) is 0 Å². The second-order valence-corrected chi connectivity index (χ2v) is 4.08. The summed E-state index contributed by atoms with van der Waals surface area (Å²) >= 11 is 0. The van der Waals surface area contributed by atoms with Crippen LogP contribution >= 0.6 is 0 Å². The molecule has 1 aromatic carbocycles. The molecular weight excluding hydrogens is 532 g/mol. The van der Waals surface area contributed by atoms with Crippen LogP contribution in [-0.4, -0.2) is 66.5 Å². The van der Waals surface area contributed by atoms with Crippen LogP contribution in [0, 0.1) is 0 Å². The number of benzene rings is 1. The molecule has 15 heteroatoms. The summed E-state index contributed by atoms with van der Waals surface area (Å²) < 4.78 is 0. The Balaban J connectivity index is -0.00000192. The van der Waals surface area contributed by atoms with Crippen LogP contribution in [0.5, 0.6) is 0 Å². The molecule has 12 nitrogen and oxygen atoms in total. The van der Waals surface area contributed by atoms with Gasteiger partial charge in [0.15, 0.2) is 0 Å². The zero-order chi connectivity index (χ0) is 18.9. The van der Waals surface area contributed by atoms with Crippen molar-refractivity contribution >= 4 is 35.8 Å². The third-order valence-electron chi connectivity index (χ3n) is 2.78. The molecule has 0 saturated heterocycles. The molecule has 0 unspecified atom stereocenters. The third kappa shape index (κ3) is 5.45. The van der Waals surface area contributed by atoms with Gasteiger partial charge in [-0.1, -0.05) is 0 Å². The first-order chi connectivity index (χ1) is 10.9. The molecule has 0 radical (unpaired) electrons. The van der Waals surface area contributed by atoms with Gasteiger partial charge in [-0.05, 0) is 0 Å². The van der Waals surface area contributed by atoms with E-state index >= 15 is 0 Å². The van der Waals surface area contributed by atoms with Crippen LogP contribution in [0.1, 0.15) is 62.1 Å². The van der Waals surface area contributed by atoms with Gasteiger partial charge >= 0.3 is 35.8 Å². The van der Waals surface area contributed by atoms with Gasteiger partial charge in [0, 0.05) is 58.4 Å². The first-order valence-corrected chi connectivity index (χ1v) is 5.57. The molecule has 6 N–H and O–H groups in total. The normalized spacial score (nSPS) is 8.89. The fraction of sp³-hybridized carbons (Fsp3) is 0. The van der Waals surface area contributed by atoms with E-state index in [1.165, 1.54) is 0 Å². The Morgan fingerprint density at radius 2 is 0.407 bits per heavy atom. The van der Waals surface area contributed by atoms with Crippen molar-refractivity contribution in [2.45, 2.75) is 0 Å². The largest absolute Gasteiger partial charge is 0.478 e. The standard InChI is InChI=1S/C12H6O12.3Zn/c13-7(14)1-2(8(15)16)4(10(19)20)6(12(23)24)5(11(21)22)3(1)9(17)18;;;/h(H,13,14)(H,15,16)(H,17,18)(H,19,20)(H,21,22)(H,23,24);;;. The molecule has 0 amide bonds. The third-order valence-corrected chi connectivity index (χ3v) is 2.78. The van der Waals surface area contributed by atoms with Crippen LogP contribution in [0.4, 0.5) is 0 Å². The van der Waals surface area contributed by atoms with Crippen LogP contribution in [-0.2, 0) is 58.4 Å². The predicted octanol–water partition coefficient (Wildman–Crippen LogP) is -0.132. The van der Waals surface area contributed by atoms with Gasteiger partial charge in [0.05, 0.1) is 33.4 Å². The Kier molecular flexibility index (Phi) is 12.0. The van der Waals surface area contributed by atoms with Crippen LogP contribution in [0.3, 0.4) is 0 Å². The maximum atomic E-state index is 11.2. The van der Waals surface area contributed by atoms with E-state index in [0.29, 0.717) is 0 Å². The number of carboxylic acid groups (broad SMARTS) is 6. The van der Waals surface area contributed by atoms with Crippen molar-refractivity contribution in [1.29, 1.82) is 0 Å². The van der Waals surface area contributed by atoms with Gasteiger partial charge in [-0.2, -0.15) is 0 Å². The topological polar surface area (TPSA) is 224 Å². The summed E-state index contributed by atoms with van der Waals surface area (Å²) in [4.78, 5) is 67.3. The Labute approximate surface area is 186 Å². The average Bonchev–Trinajstić information content (AvgIpc) is 2.42. The van der Waals surface area contributed by atoms with Crippen LogP contribution in [0.15, 0.2) is 0 Å². The molecule has 0 heterocycles. The van der Waals surface area contributed by atoms with Gasteiger partial charge in [-0.25, -0.2) is 28.8 Å². The molecule has 0 fully saturated rings. The maximum Gasteiger partial charge on any atom is 0.337 e. The molecule has 0 aromatic heterocycles. The summed E-state index contributed by atoms with van der Waals surface area (Å²) in [6.45, 7) is 0. The maximum absolute atomic E-state index is 11.2. The van der Waals surface area contributed by atoms with E-state index in [4.69, 9.17) is 30.6 Å². The van der Waals surface area contributed by atoms with E-state index in [1.54, 1.807) is 0 Å². The summed E-state index contributed by atoms with van der Waals surface area (Å²) in [6.07, 6.45) is 0. The molecule has 0 spiro atoms. The Morgan fingerprint density at radius 1 is 0.333 bits per heavy atom. The van der Waals surface area contributed by atoms with Crippen molar-refractivity contribution in [3.63, 3.8) is 0 Å². The van der Waals surface area contributed by atoms with Crippen molar-refractivity contribution in [1.82, 2.24) is 0 Å². The summed E-state index contributed by atoms with van der Waals surface area (Å²) in [7, 11) is 0. The molecule has 0 saturated carbocycles. The molecule has 0 aliphatic rings. The van der Waals surface area contributed by atoms with Crippen molar-refractivity contribution in [3.8, 4) is 0 Å². The van der Waals surface area contributed by atoms with E-state index in [1.807, 2.05) is 0 Å². The van der Waals surface area contributed by atoms with Crippen LogP contribution < -0.4 is 0 Å². The molecule has 0 atom stereocenters. The molecule has 27 heavy (non-hydrogen) atoms. The van der Waals surface area contributed by atoms with E-state index in [-0.39, 0.29) is 58.4 Å². The number of carboxylic acids is 6. The van der Waals surface area contributed by atoms with E-state index in [2.05, 4.69) is 0 Å². The Morgan fingerprint density at radius 3 is 0.444 bits per heavy atom. The number of hydrogen-bond acceptors (Lipinski definition) is 6. The quantitative estimate of drug-likeness (QED) is 0.261. The van der Waals surface area contributed by atoms with Gasteiger partial charge < -0.3 is 30.6 Å². The first-order valence-electron chi connectivity index (χ1n) is 5.57. The zero-order valence-electron chi connectivity index (χ0n) is 13.3. The molecule has 1 rings (SSSR count). The van der Waals surface area contributed by atoms with Crippen molar-refractivity contribution in [3.05, 3.63) is 33.4 Å².